The van der Waals surface area contributed by atoms with Gasteiger partial charge in [0.1, 0.15) is 0 Å². The summed E-state index contributed by atoms with van der Waals surface area (Å²) >= 11 is 0. The predicted octanol–water partition coefficient (Wildman–Crippen LogP) is 1.76. The monoisotopic (exact) mass is 318 g/mol. The zero-order valence-electron chi connectivity index (χ0n) is 13.5. The molecule has 3 rings (SSSR count). The van der Waals surface area contributed by atoms with Crippen molar-refractivity contribution < 1.29 is 9.32 Å². The normalized spacial score (nSPS) is 19.0. The molecule has 2 amide bonds. The molecule has 2 atom stereocenters. The molecule has 0 bridgehead atoms. The first-order chi connectivity index (χ1) is 11.1. The van der Waals surface area contributed by atoms with Gasteiger partial charge in [0.2, 0.25) is 5.89 Å². The van der Waals surface area contributed by atoms with Crippen molar-refractivity contribution in [1.82, 2.24) is 30.1 Å². The molecule has 2 aromatic heterocycles. The van der Waals surface area contributed by atoms with Gasteiger partial charge in [0.25, 0.3) is 0 Å². The fourth-order valence-corrected chi connectivity index (χ4v) is 2.88. The third kappa shape index (κ3) is 3.69. The second kappa shape index (κ2) is 6.80. The Hall–Kier alpha value is -2.38. The average Bonchev–Trinajstić information content (AvgIpc) is 3.25. The number of nitrogens with zero attached hydrogens (tertiary/aromatic N) is 5. The van der Waals surface area contributed by atoms with Crippen molar-refractivity contribution in [3.8, 4) is 0 Å². The SMILES string of the molecule is Cc1nc([C@@H]2CCCN2C(=O)NC[C@@H](C)Cn2cccn2)no1. The maximum atomic E-state index is 12.4. The summed E-state index contributed by atoms with van der Waals surface area (Å²) in [4.78, 5) is 18.5. The molecule has 1 fully saturated rings. The molecule has 0 spiro atoms. The van der Waals surface area contributed by atoms with Crippen LogP contribution in [0.2, 0.25) is 0 Å². The lowest BCUT2D eigenvalue weighted by atomic mass is 10.2. The van der Waals surface area contributed by atoms with Gasteiger partial charge in [-0.25, -0.2) is 4.79 Å². The van der Waals surface area contributed by atoms with Crippen molar-refractivity contribution in [3.63, 3.8) is 0 Å². The van der Waals surface area contributed by atoms with Crippen LogP contribution in [0.25, 0.3) is 0 Å². The second-order valence-electron chi connectivity index (χ2n) is 6.04. The van der Waals surface area contributed by atoms with Gasteiger partial charge in [0.15, 0.2) is 5.82 Å². The van der Waals surface area contributed by atoms with Crippen LogP contribution < -0.4 is 5.32 Å². The molecule has 0 saturated carbocycles. The highest BCUT2D eigenvalue weighted by molar-refractivity contribution is 5.74. The summed E-state index contributed by atoms with van der Waals surface area (Å²) in [5.74, 6) is 1.42. The van der Waals surface area contributed by atoms with E-state index in [9.17, 15) is 4.79 Å². The van der Waals surface area contributed by atoms with Gasteiger partial charge in [-0.05, 0) is 24.8 Å². The molecule has 0 radical (unpaired) electrons. The molecule has 8 heteroatoms. The van der Waals surface area contributed by atoms with E-state index in [0.29, 0.717) is 24.2 Å². The summed E-state index contributed by atoms with van der Waals surface area (Å²) in [6.07, 6.45) is 5.50. The van der Waals surface area contributed by atoms with Gasteiger partial charge >= 0.3 is 6.03 Å². The van der Waals surface area contributed by atoms with Gasteiger partial charge in [-0.1, -0.05) is 12.1 Å². The number of amides is 2. The Morgan fingerprint density at radius 1 is 1.57 bits per heavy atom. The number of rotatable bonds is 5. The summed E-state index contributed by atoms with van der Waals surface area (Å²) in [6, 6.07) is 1.74. The molecule has 1 saturated heterocycles. The number of carbonyl (C=O) groups is 1. The van der Waals surface area contributed by atoms with Crippen molar-refractivity contribution in [2.75, 3.05) is 13.1 Å². The number of nitrogens with one attached hydrogen (secondary N) is 1. The summed E-state index contributed by atoms with van der Waals surface area (Å²) in [6.45, 7) is 5.95. The Balaban J connectivity index is 1.53. The van der Waals surface area contributed by atoms with E-state index in [1.807, 2.05) is 16.9 Å². The first kappa shape index (κ1) is 15.5. The lowest BCUT2D eigenvalue weighted by Gasteiger charge is -2.23. The highest BCUT2D eigenvalue weighted by atomic mass is 16.5. The summed E-state index contributed by atoms with van der Waals surface area (Å²) in [5, 5.41) is 11.1. The number of aromatic nitrogens is 4. The molecule has 23 heavy (non-hydrogen) atoms. The van der Waals surface area contributed by atoms with Crippen LogP contribution in [0.1, 0.15) is 37.5 Å². The van der Waals surface area contributed by atoms with Gasteiger partial charge in [0.05, 0.1) is 6.04 Å². The Morgan fingerprint density at radius 2 is 2.43 bits per heavy atom. The second-order valence-corrected chi connectivity index (χ2v) is 6.04. The molecule has 124 valence electrons. The van der Waals surface area contributed by atoms with Crippen LogP contribution in [0.4, 0.5) is 4.79 Å². The Labute approximate surface area is 134 Å². The number of carbonyl (C=O) groups excluding carboxylic acids is 1. The molecule has 1 aliphatic rings. The van der Waals surface area contributed by atoms with E-state index in [0.717, 1.165) is 25.9 Å². The van der Waals surface area contributed by atoms with E-state index in [1.165, 1.54) is 0 Å². The topological polar surface area (TPSA) is 89.1 Å². The van der Waals surface area contributed by atoms with Crippen molar-refractivity contribution in [3.05, 3.63) is 30.2 Å². The highest BCUT2D eigenvalue weighted by Crippen LogP contribution is 2.29. The highest BCUT2D eigenvalue weighted by Gasteiger charge is 2.33. The summed E-state index contributed by atoms with van der Waals surface area (Å²) in [5.41, 5.74) is 0. The number of urea groups is 1. The van der Waals surface area contributed by atoms with Crippen molar-refractivity contribution >= 4 is 6.03 Å². The zero-order chi connectivity index (χ0) is 16.2. The molecular formula is C15H22N6O2. The predicted molar refractivity (Wildman–Crippen MR) is 82.5 cm³/mol. The maximum Gasteiger partial charge on any atom is 0.318 e. The molecule has 3 heterocycles. The van der Waals surface area contributed by atoms with Crippen LogP contribution in [-0.2, 0) is 6.54 Å². The van der Waals surface area contributed by atoms with Crippen LogP contribution in [0.5, 0.6) is 0 Å². The number of hydrogen-bond acceptors (Lipinski definition) is 5. The minimum Gasteiger partial charge on any atom is -0.340 e. The number of aryl methyl sites for hydroxylation is 1. The van der Waals surface area contributed by atoms with Gasteiger partial charge in [-0.3, -0.25) is 4.68 Å². The first-order valence-electron chi connectivity index (χ1n) is 7.95. The van der Waals surface area contributed by atoms with E-state index in [2.05, 4.69) is 27.5 Å². The summed E-state index contributed by atoms with van der Waals surface area (Å²) < 4.78 is 6.91. The van der Waals surface area contributed by atoms with Gasteiger partial charge in [0, 0.05) is 39.0 Å². The molecule has 2 aromatic rings. The van der Waals surface area contributed by atoms with E-state index in [1.54, 1.807) is 18.0 Å². The number of likely N-dealkylation sites (tertiary alicyclic amines) is 1. The van der Waals surface area contributed by atoms with Crippen molar-refractivity contribution in [1.29, 1.82) is 0 Å². The van der Waals surface area contributed by atoms with Gasteiger partial charge in [-0.15, -0.1) is 0 Å². The Kier molecular flexibility index (Phi) is 4.59. The molecule has 8 nitrogen and oxygen atoms in total. The fourth-order valence-electron chi connectivity index (χ4n) is 2.88. The molecule has 0 aromatic carbocycles. The molecule has 1 aliphatic heterocycles. The van der Waals surface area contributed by atoms with Gasteiger partial charge in [-0.2, -0.15) is 10.1 Å². The van der Waals surface area contributed by atoms with Crippen molar-refractivity contribution in [2.45, 2.75) is 39.3 Å². The zero-order valence-corrected chi connectivity index (χ0v) is 13.5. The standard InChI is InChI=1S/C15H22N6O2/c1-11(10-20-7-4-6-17-20)9-16-15(22)21-8-3-5-13(21)14-18-12(2)23-19-14/h4,6-7,11,13H,3,5,8-10H2,1-2H3,(H,16,22)/t11-,13+/m1/s1. The Morgan fingerprint density at radius 3 is 3.13 bits per heavy atom. The van der Waals surface area contributed by atoms with Crippen molar-refractivity contribution in [2.24, 2.45) is 5.92 Å². The third-order valence-electron chi connectivity index (χ3n) is 4.01. The lowest BCUT2D eigenvalue weighted by Crippen LogP contribution is -2.41. The van der Waals surface area contributed by atoms with E-state index in [4.69, 9.17) is 4.52 Å². The number of hydrogen-bond donors (Lipinski definition) is 1. The van der Waals surface area contributed by atoms with Crippen LogP contribution in [0.3, 0.4) is 0 Å². The third-order valence-corrected chi connectivity index (χ3v) is 4.01. The van der Waals surface area contributed by atoms with Crippen LogP contribution in [-0.4, -0.2) is 43.9 Å². The van der Waals surface area contributed by atoms with Crippen LogP contribution >= 0.6 is 0 Å². The van der Waals surface area contributed by atoms with E-state index >= 15 is 0 Å². The van der Waals surface area contributed by atoms with Crippen LogP contribution in [0.15, 0.2) is 23.0 Å². The average molecular weight is 318 g/mol. The molecule has 0 unspecified atom stereocenters. The van der Waals surface area contributed by atoms with E-state index in [-0.39, 0.29) is 12.1 Å². The first-order valence-corrected chi connectivity index (χ1v) is 7.95. The van der Waals surface area contributed by atoms with Crippen LogP contribution in [0, 0.1) is 12.8 Å². The molecular weight excluding hydrogens is 296 g/mol. The smallest absolute Gasteiger partial charge is 0.318 e. The quantitative estimate of drug-likeness (QED) is 0.907. The fraction of sp³-hybridized carbons (Fsp3) is 0.600. The minimum absolute atomic E-state index is 0.0673. The lowest BCUT2D eigenvalue weighted by molar-refractivity contribution is 0.187. The summed E-state index contributed by atoms with van der Waals surface area (Å²) in [7, 11) is 0. The van der Waals surface area contributed by atoms with E-state index < -0.39 is 0 Å². The molecule has 0 aliphatic carbocycles. The maximum absolute atomic E-state index is 12.4. The largest absolute Gasteiger partial charge is 0.340 e. The molecule has 1 N–H and O–H groups in total. The minimum atomic E-state index is -0.0890. The van der Waals surface area contributed by atoms with Gasteiger partial charge < -0.3 is 14.7 Å². The Bertz CT molecular complexity index is 638.